The number of halogens is 8. The number of para-hydroxylation sites is 1. The maximum absolute atomic E-state index is 13.4. The van der Waals surface area contributed by atoms with E-state index in [-0.39, 0.29) is 12.6 Å². The predicted molar refractivity (Wildman–Crippen MR) is 97.0 cm³/mol. The van der Waals surface area contributed by atoms with Crippen LogP contribution in [0.5, 0.6) is 0 Å². The zero-order chi connectivity index (χ0) is 22.4. The predicted octanol–water partition coefficient (Wildman–Crippen LogP) is 5.29. The van der Waals surface area contributed by atoms with Crippen molar-refractivity contribution in [2.75, 3.05) is 19.6 Å². The Morgan fingerprint density at radius 1 is 1.10 bits per heavy atom. The summed E-state index contributed by atoms with van der Waals surface area (Å²) >= 11 is 0. The van der Waals surface area contributed by atoms with Crippen molar-refractivity contribution in [2.24, 2.45) is 0 Å². The Morgan fingerprint density at radius 3 is 2.33 bits per heavy atom. The molecule has 1 saturated carbocycles. The van der Waals surface area contributed by atoms with Gasteiger partial charge in [0.2, 0.25) is 0 Å². The Hall–Kier alpha value is -1.70. The third-order valence-electron chi connectivity index (χ3n) is 4.55. The van der Waals surface area contributed by atoms with Gasteiger partial charge in [0.1, 0.15) is 10.6 Å². The van der Waals surface area contributed by atoms with Gasteiger partial charge in [0.05, 0.1) is 11.6 Å². The SMILES string of the molecule is O[C@@H](CNCCNC1CC1)c1cc(C(F)(F)F)nc2c(S(F)(F)(F)(F)F)cccc12. The smallest absolute Gasteiger partial charge is 0.387 e. The fourth-order valence-corrected chi connectivity index (χ4v) is 3.84. The van der Waals surface area contributed by atoms with Gasteiger partial charge in [-0.25, -0.2) is 4.98 Å². The molecule has 1 atom stereocenters. The molecule has 1 aliphatic rings. The van der Waals surface area contributed by atoms with E-state index < -0.39 is 49.6 Å². The van der Waals surface area contributed by atoms with E-state index in [1.807, 2.05) is 0 Å². The summed E-state index contributed by atoms with van der Waals surface area (Å²) in [5.74, 6) is 0. The van der Waals surface area contributed by atoms with E-state index in [0.29, 0.717) is 31.3 Å². The molecule has 0 radical (unpaired) electrons. The summed E-state index contributed by atoms with van der Waals surface area (Å²) in [5.41, 5.74) is -3.91. The van der Waals surface area contributed by atoms with E-state index in [2.05, 4.69) is 15.6 Å². The van der Waals surface area contributed by atoms with Gasteiger partial charge in [0.15, 0.2) is 0 Å². The Bertz CT molecular complexity index is 945. The van der Waals surface area contributed by atoms with Gasteiger partial charge in [-0.05, 0) is 30.5 Å². The molecule has 0 amide bonds. The van der Waals surface area contributed by atoms with Gasteiger partial charge in [-0.1, -0.05) is 31.6 Å². The molecule has 4 nitrogen and oxygen atoms in total. The maximum Gasteiger partial charge on any atom is 0.433 e. The van der Waals surface area contributed by atoms with Gasteiger partial charge in [0.25, 0.3) is 0 Å². The minimum Gasteiger partial charge on any atom is -0.387 e. The lowest BCUT2D eigenvalue weighted by Gasteiger charge is -2.41. The first-order valence-electron chi connectivity index (χ1n) is 8.93. The fraction of sp³-hybridized carbons (Fsp3) is 0.471. The van der Waals surface area contributed by atoms with Crippen molar-refractivity contribution < 1.29 is 37.7 Å². The zero-order valence-electron chi connectivity index (χ0n) is 15.3. The molecule has 3 N–H and O–H groups in total. The van der Waals surface area contributed by atoms with Gasteiger partial charge < -0.3 is 15.7 Å². The highest BCUT2D eigenvalue weighted by molar-refractivity contribution is 8.46. The van der Waals surface area contributed by atoms with Crippen LogP contribution in [0.4, 0.5) is 32.6 Å². The largest absolute Gasteiger partial charge is 0.433 e. The minimum absolute atomic E-state index is 0.00496. The Labute approximate surface area is 166 Å². The number of nitrogens with zero attached hydrogens (tertiary/aromatic N) is 1. The monoisotopic (exact) mass is 465 g/mol. The topological polar surface area (TPSA) is 57.2 Å². The van der Waals surface area contributed by atoms with Gasteiger partial charge >= 0.3 is 16.4 Å². The van der Waals surface area contributed by atoms with Crippen LogP contribution in [-0.4, -0.2) is 35.8 Å². The molecule has 0 saturated heterocycles. The van der Waals surface area contributed by atoms with Crippen LogP contribution in [0.25, 0.3) is 10.9 Å². The number of aliphatic hydroxyl groups excluding tert-OH is 1. The Morgan fingerprint density at radius 2 is 1.77 bits per heavy atom. The molecule has 1 aromatic heterocycles. The van der Waals surface area contributed by atoms with E-state index in [1.165, 1.54) is 0 Å². The molecule has 0 aliphatic heterocycles. The maximum atomic E-state index is 13.4. The summed E-state index contributed by atoms with van der Waals surface area (Å²) in [5, 5.41) is 15.6. The highest BCUT2D eigenvalue weighted by Gasteiger charge is 2.66. The van der Waals surface area contributed by atoms with Crippen molar-refractivity contribution in [3.63, 3.8) is 0 Å². The molecule has 0 unspecified atom stereocenters. The molecule has 0 spiro atoms. The zero-order valence-corrected chi connectivity index (χ0v) is 16.1. The van der Waals surface area contributed by atoms with Crippen LogP contribution < -0.4 is 10.6 Å². The first-order chi connectivity index (χ1) is 13.6. The summed E-state index contributed by atoms with van der Waals surface area (Å²) in [6.07, 6.45) is -4.79. The molecule has 170 valence electrons. The van der Waals surface area contributed by atoms with E-state index >= 15 is 0 Å². The highest BCUT2D eigenvalue weighted by Crippen LogP contribution is 3.02. The number of hydrogen-bond acceptors (Lipinski definition) is 4. The number of fused-ring (bicyclic) bond motifs is 1. The van der Waals surface area contributed by atoms with Crippen LogP contribution in [-0.2, 0) is 6.18 Å². The summed E-state index contributed by atoms with van der Waals surface area (Å²) in [4.78, 5) is 0.326. The van der Waals surface area contributed by atoms with Gasteiger partial charge in [-0.3, -0.25) is 0 Å². The lowest BCUT2D eigenvalue weighted by molar-refractivity contribution is -0.141. The second kappa shape index (κ2) is 6.90. The van der Waals surface area contributed by atoms with Crippen LogP contribution in [0.15, 0.2) is 29.2 Å². The van der Waals surface area contributed by atoms with Crippen LogP contribution in [0, 0.1) is 0 Å². The fourth-order valence-electron chi connectivity index (χ4n) is 2.98. The summed E-state index contributed by atoms with van der Waals surface area (Å²) in [6, 6.07) is 2.36. The van der Waals surface area contributed by atoms with E-state index in [9.17, 15) is 37.7 Å². The third-order valence-corrected chi connectivity index (χ3v) is 5.71. The molecule has 0 bridgehead atoms. The normalized spacial score (nSPS) is 18.8. The van der Waals surface area contributed by atoms with Gasteiger partial charge in [0, 0.05) is 31.1 Å². The number of hydrogen-bond donors (Lipinski definition) is 3. The lowest BCUT2D eigenvalue weighted by atomic mass is 10.0. The van der Waals surface area contributed by atoms with Crippen molar-refractivity contribution in [1.29, 1.82) is 0 Å². The molecular formula is C17H19F8N3OS. The van der Waals surface area contributed by atoms with Gasteiger partial charge in [-0.2, -0.15) is 13.2 Å². The molecule has 2 aromatic rings. The van der Waals surface area contributed by atoms with E-state index in [4.69, 9.17) is 0 Å². The number of nitrogens with one attached hydrogen (secondary N) is 2. The van der Waals surface area contributed by atoms with Crippen molar-refractivity contribution in [2.45, 2.75) is 36.1 Å². The molecule has 3 rings (SSSR count). The molecule has 1 aromatic carbocycles. The van der Waals surface area contributed by atoms with Crippen LogP contribution in [0.3, 0.4) is 0 Å². The minimum atomic E-state index is -10.3. The third kappa shape index (κ3) is 5.50. The number of alkyl halides is 3. The number of pyridine rings is 1. The molecule has 13 heteroatoms. The van der Waals surface area contributed by atoms with Crippen molar-refractivity contribution >= 4 is 21.1 Å². The Balaban J connectivity index is 2.00. The van der Waals surface area contributed by atoms with E-state index in [1.54, 1.807) is 0 Å². The summed E-state index contributed by atoms with van der Waals surface area (Å²) in [7, 11) is -10.3. The summed E-state index contributed by atoms with van der Waals surface area (Å²) < 4.78 is 107. The highest BCUT2D eigenvalue weighted by atomic mass is 32.5. The first-order valence-corrected chi connectivity index (χ1v) is 10.9. The number of aliphatic hydroxyl groups is 1. The number of rotatable bonds is 8. The van der Waals surface area contributed by atoms with Crippen molar-refractivity contribution in [3.8, 4) is 0 Å². The van der Waals surface area contributed by atoms with Crippen LogP contribution in [0.1, 0.15) is 30.2 Å². The van der Waals surface area contributed by atoms with E-state index in [0.717, 1.165) is 18.9 Å². The lowest BCUT2D eigenvalue weighted by Crippen LogP contribution is -2.31. The average Bonchev–Trinajstić information content (AvgIpc) is 3.41. The molecule has 1 fully saturated rings. The van der Waals surface area contributed by atoms with Crippen LogP contribution >= 0.6 is 10.2 Å². The van der Waals surface area contributed by atoms with Crippen molar-refractivity contribution in [3.05, 3.63) is 35.5 Å². The van der Waals surface area contributed by atoms with Crippen molar-refractivity contribution in [1.82, 2.24) is 15.6 Å². The molecule has 1 heterocycles. The second-order valence-electron chi connectivity index (χ2n) is 7.16. The number of aromatic nitrogens is 1. The molecule has 30 heavy (non-hydrogen) atoms. The summed E-state index contributed by atoms with van der Waals surface area (Å²) in [6.45, 7) is 0.583. The van der Waals surface area contributed by atoms with Gasteiger partial charge in [-0.15, -0.1) is 0 Å². The molecule has 1 aliphatic carbocycles. The second-order valence-corrected chi connectivity index (χ2v) is 9.54. The Kier molecular flexibility index (Phi) is 5.29. The number of benzene rings is 1. The standard InChI is InChI=1S/C17H19F8N3OS/c18-17(19,20)15-8-12(13(29)9-26-6-7-27-10-4-5-10)11-2-1-3-14(16(11)28-15)30(21,22,23,24)25/h1-3,8,10,13,26-27,29H,4-7,9H2/t13-/m0/s1. The molecular weight excluding hydrogens is 446 g/mol. The quantitative estimate of drug-likeness (QED) is 0.367. The first kappa shape index (κ1) is 23.0. The van der Waals surface area contributed by atoms with Crippen LogP contribution in [0.2, 0.25) is 0 Å². The average molecular weight is 465 g/mol.